The summed E-state index contributed by atoms with van der Waals surface area (Å²) in [5, 5.41) is 12.8. The van der Waals surface area contributed by atoms with Crippen molar-refractivity contribution in [2.75, 3.05) is 0 Å². The van der Waals surface area contributed by atoms with E-state index in [0.717, 1.165) is 12.2 Å². The van der Waals surface area contributed by atoms with Gasteiger partial charge in [0.25, 0.3) is 0 Å². The molecule has 5 nitrogen and oxygen atoms in total. The van der Waals surface area contributed by atoms with Gasteiger partial charge in [-0.2, -0.15) is 5.10 Å². The Morgan fingerprint density at radius 2 is 2.31 bits per heavy atom. The van der Waals surface area contributed by atoms with Crippen LogP contribution in [0.1, 0.15) is 38.4 Å². The molecule has 0 aliphatic rings. The van der Waals surface area contributed by atoms with Crippen molar-refractivity contribution in [1.82, 2.24) is 9.78 Å². The first-order chi connectivity index (χ1) is 7.50. The molecule has 16 heavy (non-hydrogen) atoms. The Morgan fingerprint density at radius 3 is 2.88 bits per heavy atom. The summed E-state index contributed by atoms with van der Waals surface area (Å²) in [5.74, 6) is -0.323. The van der Waals surface area contributed by atoms with Crippen molar-refractivity contribution in [3.8, 4) is 0 Å². The fraction of sp³-hybridized carbons (Fsp3) is 0.636. The van der Waals surface area contributed by atoms with Crippen molar-refractivity contribution in [2.45, 2.75) is 39.3 Å². The van der Waals surface area contributed by atoms with E-state index < -0.39 is 5.97 Å². The summed E-state index contributed by atoms with van der Waals surface area (Å²) in [5.41, 5.74) is 6.85. The van der Waals surface area contributed by atoms with E-state index in [1.54, 1.807) is 6.20 Å². The fourth-order valence-corrected chi connectivity index (χ4v) is 1.58. The highest BCUT2D eigenvalue weighted by Gasteiger charge is 2.13. The van der Waals surface area contributed by atoms with Gasteiger partial charge in [0.15, 0.2) is 0 Å². The largest absolute Gasteiger partial charge is 0.481 e. The summed E-state index contributed by atoms with van der Waals surface area (Å²) in [6.07, 6.45) is 2.24. The number of nitrogens with zero attached hydrogens (tertiary/aromatic N) is 2. The van der Waals surface area contributed by atoms with Gasteiger partial charge in [0.05, 0.1) is 5.69 Å². The van der Waals surface area contributed by atoms with Crippen molar-refractivity contribution in [1.29, 1.82) is 0 Å². The first-order valence-corrected chi connectivity index (χ1v) is 5.49. The molecule has 1 heterocycles. The number of hydrogen-bond donors (Lipinski definition) is 2. The Hall–Kier alpha value is -1.36. The van der Waals surface area contributed by atoms with Crippen molar-refractivity contribution in [3.05, 3.63) is 18.0 Å². The molecular formula is C11H19N3O2. The van der Waals surface area contributed by atoms with Gasteiger partial charge in [0, 0.05) is 25.2 Å². The lowest BCUT2D eigenvalue weighted by Gasteiger charge is -2.14. The maximum Gasteiger partial charge on any atom is 0.303 e. The average Bonchev–Trinajstić information content (AvgIpc) is 2.61. The second kappa shape index (κ2) is 5.65. The van der Waals surface area contributed by atoms with E-state index in [4.69, 9.17) is 10.8 Å². The van der Waals surface area contributed by atoms with E-state index in [1.807, 2.05) is 10.7 Å². The van der Waals surface area contributed by atoms with E-state index in [-0.39, 0.29) is 12.5 Å². The van der Waals surface area contributed by atoms with Crippen LogP contribution in [0.15, 0.2) is 12.3 Å². The highest BCUT2D eigenvalue weighted by molar-refractivity contribution is 5.66. The van der Waals surface area contributed by atoms with Crippen LogP contribution in [0.25, 0.3) is 0 Å². The smallest absolute Gasteiger partial charge is 0.303 e. The van der Waals surface area contributed by atoms with Crippen LogP contribution in [0.4, 0.5) is 0 Å². The predicted molar refractivity (Wildman–Crippen MR) is 60.9 cm³/mol. The number of nitrogens with two attached hydrogens (primary N) is 1. The van der Waals surface area contributed by atoms with Gasteiger partial charge in [0.2, 0.25) is 0 Å². The van der Waals surface area contributed by atoms with Gasteiger partial charge in [-0.3, -0.25) is 9.48 Å². The first-order valence-electron chi connectivity index (χ1n) is 5.49. The third-order valence-electron chi connectivity index (χ3n) is 2.34. The molecule has 1 aromatic rings. The van der Waals surface area contributed by atoms with Crippen molar-refractivity contribution < 1.29 is 9.90 Å². The van der Waals surface area contributed by atoms with Gasteiger partial charge >= 0.3 is 5.97 Å². The molecule has 0 aliphatic carbocycles. The molecule has 0 saturated carbocycles. The van der Waals surface area contributed by atoms with Crippen LogP contribution in [0.2, 0.25) is 0 Å². The summed E-state index contributed by atoms with van der Waals surface area (Å²) >= 11 is 0. The van der Waals surface area contributed by atoms with Gasteiger partial charge in [0.1, 0.15) is 0 Å². The zero-order valence-corrected chi connectivity index (χ0v) is 9.76. The molecule has 5 heteroatoms. The van der Waals surface area contributed by atoms with Crippen LogP contribution in [-0.2, 0) is 11.3 Å². The number of carboxylic acids is 1. The van der Waals surface area contributed by atoms with Crippen LogP contribution in [0, 0.1) is 5.92 Å². The monoisotopic (exact) mass is 225 g/mol. The summed E-state index contributed by atoms with van der Waals surface area (Å²) in [7, 11) is 0. The lowest BCUT2D eigenvalue weighted by atomic mass is 10.1. The highest BCUT2D eigenvalue weighted by Crippen LogP contribution is 2.16. The summed E-state index contributed by atoms with van der Waals surface area (Å²) in [6.45, 7) is 5.02. The van der Waals surface area contributed by atoms with E-state index in [1.165, 1.54) is 0 Å². The van der Waals surface area contributed by atoms with Gasteiger partial charge in [-0.05, 0) is 18.4 Å². The van der Waals surface area contributed by atoms with Gasteiger partial charge < -0.3 is 10.8 Å². The molecule has 0 aliphatic heterocycles. The lowest BCUT2D eigenvalue weighted by Crippen LogP contribution is -2.19. The SMILES string of the molecule is CC(C)Cn1nccc1C(N)CCC(=O)O. The lowest BCUT2D eigenvalue weighted by molar-refractivity contribution is -0.137. The molecule has 90 valence electrons. The van der Waals surface area contributed by atoms with Crippen molar-refractivity contribution in [3.63, 3.8) is 0 Å². The maximum absolute atomic E-state index is 10.5. The number of aromatic nitrogens is 2. The van der Waals surface area contributed by atoms with Gasteiger partial charge in [-0.1, -0.05) is 13.8 Å². The minimum Gasteiger partial charge on any atom is -0.481 e. The summed E-state index contributed by atoms with van der Waals surface area (Å²) in [4.78, 5) is 10.5. The number of rotatable bonds is 6. The standard InChI is InChI=1S/C11H19N3O2/c1-8(2)7-14-10(5-6-13-14)9(12)3-4-11(15)16/h5-6,8-9H,3-4,7,12H2,1-2H3,(H,15,16). The molecule has 0 amide bonds. The Kier molecular flexibility index (Phi) is 4.49. The zero-order valence-electron chi connectivity index (χ0n) is 9.76. The molecule has 0 aromatic carbocycles. The topological polar surface area (TPSA) is 81.1 Å². The Balaban J connectivity index is 2.63. The van der Waals surface area contributed by atoms with Crippen molar-refractivity contribution >= 4 is 5.97 Å². The van der Waals surface area contributed by atoms with E-state index in [0.29, 0.717) is 12.3 Å². The molecule has 1 unspecified atom stereocenters. The average molecular weight is 225 g/mol. The number of hydrogen-bond acceptors (Lipinski definition) is 3. The molecule has 0 saturated heterocycles. The maximum atomic E-state index is 10.5. The quantitative estimate of drug-likeness (QED) is 0.766. The van der Waals surface area contributed by atoms with Crippen LogP contribution in [0.3, 0.4) is 0 Å². The molecule has 0 spiro atoms. The fourth-order valence-electron chi connectivity index (χ4n) is 1.58. The third kappa shape index (κ3) is 3.66. The van der Waals surface area contributed by atoms with Gasteiger partial charge in [-0.15, -0.1) is 0 Å². The van der Waals surface area contributed by atoms with E-state index >= 15 is 0 Å². The van der Waals surface area contributed by atoms with Crippen LogP contribution in [0.5, 0.6) is 0 Å². The number of carboxylic acid groups (broad SMARTS) is 1. The highest BCUT2D eigenvalue weighted by atomic mass is 16.4. The van der Waals surface area contributed by atoms with Gasteiger partial charge in [-0.25, -0.2) is 0 Å². The molecule has 3 N–H and O–H groups in total. The predicted octanol–water partition coefficient (Wildman–Crippen LogP) is 1.40. The Bertz CT molecular complexity index is 347. The van der Waals surface area contributed by atoms with E-state index in [9.17, 15) is 4.79 Å². The summed E-state index contributed by atoms with van der Waals surface area (Å²) in [6, 6.07) is 1.60. The molecule has 1 rings (SSSR count). The molecule has 0 radical (unpaired) electrons. The Morgan fingerprint density at radius 1 is 1.62 bits per heavy atom. The van der Waals surface area contributed by atoms with Crippen LogP contribution >= 0.6 is 0 Å². The minimum absolute atomic E-state index is 0.0913. The second-order valence-electron chi connectivity index (χ2n) is 4.37. The van der Waals surface area contributed by atoms with E-state index in [2.05, 4.69) is 18.9 Å². The Labute approximate surface area is 95.3 Å². The number of aliphatic carboxylic acids is 1. The van der Waals surface area contributed by atoms with Crippen molar-refractivity contribution in [2.24, 2.45) is 11.7 Å². The number of carbonyl (C=O) groups is 1. The molecule has 0 bridgehead atoms. The third-order valence-corrected chi connectivity index (χ3v) is 2.34. The normalized spacial score (nSPS) is 13.0. The summed E-state index contributed by atoms with van der Waals surface area (Å²) < 4.78 is 1.86. The first kappa shape index (κ1) is 12.7. The van der Waals surface area contributed by atoms with Crippen LogP contribution < -0.4 is 5.73 Å². The van der Waals surface area contributed by atoms with Crippen LogP contribution in [-0.4, -0.2) is 20.9 Å². The molecular weight excluding hydrogens is 206 g/mol. The molecule has 1 aromatic heterocycles. The molecule has 1 atom stereocenters. The molecule has 0 fully saturated rings. The zero-order chi connectivity index (χ0) is 12.1. The second-order valence-corrected chi connectivity index (χ2v) is 4.37. The minimum atomic E-state index is -0.814.